The molecule has 0 aromatic carbocycles. The number of anilines is 1. The van der Waals surface area contributed by atoms with Crippen LogP contribution in [0.25, 0.3) is 0 Å². The summed E-state index contributed by atoms with van der Waals surface area (Å²) in [5, 5.41) is 8.95. The standard InChI is InChI=1S/C8H11N3O3/c1-4-6(5(2)11-10-4)9-7(12)8(13)14-3/h1-3H3,(H,9,12)(H,10,11). The largest absolute Gasteiger partial charge is 0.462 e. The molecule has 1 heterocycles. The summed E-state index contributed by atoms with van der Waals surface area (Å²) in [5.74, 6) is -1.73. The zero-order chi connectivity index (χ0) is 10.7. The molecule has 0 spiro atoms. The first-order valence-electron chi connectivity index (χ1n) is 3.97. The number of esters is 1. The Kier molecular flexibility index (Phi) is 2.85. The molecule has 0 saturated heterocycles. The number of H-pyrrole nitrogens is 1. The molecule has 0 aliphatic rings. The van der Waals surface area contributed by atoms with Crippen LogP contribution in [0.3, 0.4) is 0 Å². The molecule has 2 N–H and O–H groups in total. The average Bonchev–Trinajstić information content (AvgIpc) is 2.48. The third-order valence-corrected chi connectivity index (χ3v) is 1.74. The molecule has 0 radical (unpaired) electrons. The molecular formula is C8H11N3O3. The van der Waals surface area contributed by atoms with Gasteiger partial charge in [-0.2, -0.15) is 5.10 Å². The Morgan fingerprint density at radius 1 is 1.43 bits per heavy atom. The third-order valence-electron chi connectivity index (χ3n) is 1.74. The van der Waals surface area contributed by atoms with E-state index in [1.807, 2.05) is 0 Å². The Morgan fingerprint density at radius 3 is 2.50 bits per heavy atom. The van der Waals surface area contributed by atoms with E-state index in [-0.39, 0.29) is 0 Å². The second-order valence-corrected chi connectivity index (χ2v) is 2.75. The van der Waals surface area contributed by atoms with Crippen molar-refractivity contribution in [2.24, 2.45) is 0 Å². The second kappa shape index (κ2) is 3.91. The number of aromatic nitrogens is 2. The van der Waals surface area contributed by atoms with Crippen LogP contribution in [-0.4, -0.2) is 29.2 Å². The van der Waals surface area contributed by atoms with Gasteiger partial charge in [-0.05, 0) is 13.8 Å². The van der Waals surface area contributed by atoms with Crippen LogP contribution in [0.15, 0.2) is 0 Å². The number of rotatable bonds is 1. The molecule has 1 aromatic heterocycles. The van der Waals surface area contributed by atoms with Gasteiger partial charge in [0.05, 0.1) is 24.2 Å². The number of methoxy groups -OCH3 is 1. The van der Waals surface area contributed by atoms with Gasteiger partial charge in [0.25, 0.3) is 0 Å². The van der Waals surface area contributed by atoms with Gasteiger partial charge < -0.3 is 10.1 Å². The summed E-state index contributed by atoms with van der Waals surface area (Å²) in [6.45, 7) is 3.46. The molecule has 0 atom stereocenters. The Hall–Kier alpha value is -1.85. The van der Waals surface area contributed by atoms with Crippen molar-refractivity contribution >= 4 is 17.6 Å². The van der Waals surface area contributed by atoms with E-state index < -0.39 is 11.9 Å². The van der Waals surface area contributed by atoms with Crippen molar-refractivity contribution in [2.75, 3.05) is 12.4 Å². The number of hydrogen-bond acceptors (Lipinski definition) is 4. The normalized spacial score (nSPS) is 9.64. The van der Waals surface area contributed by atoms with E-state index >= 15 is 0 Å². The lowest BCUT2D eigenvalue weighted by Gasteiger charge is -2.02. The molecule has 0 aliphatic heterocycles. The molecule has 6 nitrogen and oxygen atoms in total. The summed E-state index contributed by atoms with van der Waals surface area (Å²) in [6.07, 6.45) is 0. The van der Waals surface area contributed by atoms with E-state index in [1.54, 1.807) is 13.8 Å². The highest BCUT2D eigenvalue weighted by atomic mass is 16.5. The van der Waals surface area contributed by atoms with Crippen molar-refractivity contribution in [2.45, 2.75) is 13.8 Å². The number of carbonyl (C=O) groups excluding carboxylic acids is 2. The maximum absolute atomic E-state index is 11.1. The van der Waals surface area contributed by atoms with Gasteiger partial charge >= 0.3 is 11.9 Å². The van der Waals surface area contributed by atoms with E-state index in [9.17, 15) is 9.59 Å². The Morgan fingerprint density at radius 2 is 2.07 bits per heavy atom. The predicted octanol–water partition coefficient (Wildman–Crippen LogP) is 0.138. The first-order chi connectivity index (χ1) is 6.56. The lowest BCUT2D eigenvalue weighted by Crippen LogP contribution is -2.24. The molecule has 0 unspecified atom stereocenters. The smallest absolute Gasteiger partial charge is 0.396 e. The van der Waals surface area contributed by atoms with Crippen LogP contribution in [0.5, 0.6) is 0 Å². The fourth-order valence-electron chi connectivity index (χ4n) is 0.992. The van der Waals surface area contributed by atoms with Crippen LogP contribution in [0.2, 0.25) is 0 Å². The SMILES string of the molecule is COC(=O)C(=O)Nc1c(C)n[nH]c1C. The molecule has 0 saturated carbocycles. The minimum Gasteiger partial charge on any atom is -0.462 e. The van der Waals surface area contributed by atoms with E-state index in [1.165, 1.54) is 0 Å². The number of nitrogens with one attached hydrogen (secondary N) is 2. The predicted molar refractivity (Wildman–Crippen MR) is 48.7 cm³/mol. The van der Waals surface area contributed by atoms with Crippen LogP contribution < -0.4 is 5.32 Å². The number of amides is 1. The first-order valence-corrected chi connectivity index (χ1v) is 3.97. The lowest BCUT2D eigenvalue weighted by atomic mass is 10.3. The zero-order valence-electron chi connectivity index (χ0n) is 8.17. The average molecular weight is 197 g/mol. The first kappa shape index (κ1) is 10.2. The highest BCUT2D eigenvalue weighted by Crippen LogP contribution is 2.15. The van der Waals surface area contributed by atoms with Gasteiger partial charge in [-0.15, -0.1) is 0 Å². The molecule has 76 valence electrons. The van der Waals surface area contributed by atoms with Gasteiger partial charge in [0, 0.05) is 0 Å². The summed E-state index contributed by atoms with van der Waals surface area (Å²) in [5.41, 5.74) is 1.83. The monoisotopic (exact) mass is 197 g/mol. The van der Waals surface area contributed by atoms with Crippen molar-refractivity contribution in [1.29, 1.82) is 0 Å². The highest BCUT2D eigenvalue weighted by molar-refractivity contribution is 6.37. The van der Waals surface area contributed by atoms with Crippen LogP contribution in [0, 0.1) is 13.8 Å². The molecule has 0 bridgehead atoms. The summed E-state index contributed by atoms with van der Waals surface area (Å²) >= 11 is 0. The quantitative estimate of drug-likeness (QED) is 0.495. The number of carbonyl (C=O) groups is 2. The van der Waals surface area contributed by atoms with Crippen LogP contribution in [0.1, 0.15) is 11.4 Å². The van der Waals surface area contributed by atoms with Crippen LogP contribution in [0.4, 0.5) is 5.69 Å². The van der Waals surface area contributed by atoms with Gasteiger partial charge in [0.15, 0.2) is 0 Å². The number of hydrogen-bond donors (Lipinski definition) is 2. The summed E-state index contributed by atoms with van der Waals surface area (Å²) in [7, 11) is 1.15. The Labute approximate surface area is 80.6 Å². The van der Waals surface area contributed by atoms with Crippen molar-refractivity contribution in [3.8, 4) is 0 Å². The molecule has 1 rings (SSSR count). The van der Waals surface area contributed by atoms with Gasteiger partial charge in [-0.1, -0.05) is 0 Å². The van der Waals surface area contributed by atoms with E-state index in [2.05, 4.69) is 20.3 Å². The molecular weight excluding hydrogens is 186 g/mol. The zero-order valence-corrected chi connectivity index (χ0v) is 8.17. The van der Waals surface area contributed by atoms with Gasteiger partial charge in [0.2, 0.25) is 0 Å². The number of aromatic amines is 1. The highest BCUT2D eigenvalue weighted by Gasteiger charge is 2.17. The van der Waals surface area contributed by atoms with Crippen molar-refractivity contribution < 1.29 is 14.3 Å². The third kappa shape index (κ3) is 1.90. The maximum Gasteiger partial charge on any atom is 0.396 e. The molecule has 1 aromatic rings. The van der Waals surface area contributed by atoms with Crippen molar-refractivity contribution in [3.05, 3.63) is 11.4 Å². The van der Waals surface area contributed by atoms with Crippen LogP contribution >= 0.6 is 0 Å². The van der Waals surface area contributed by atoms with Crippen LogP contribution in [-0.2, 0) is 14.3 Å². The maximum atomic E-state index is 11.1. The molecule has 14 heavy (non-hydrogen) atoms. The summed E-state index contributed by atoms with van der Waals surface area (Å²) in [6, 6.07) is 0. The summed E-state index contributed by atoms with van der Waals surface area (Å²) in [4.78, 5) is 21.9. The Bertz CT molecular complexity index is 350. The number of aryl methyl sites for hydroxylation is 2. The van der Waals surface area contributed by atoms with Gasteiger partial charge in [-0.3, -0.25) is 9.89 Å². The fourth-order valence-corrected chi connectivity index (χ4v) is 0.992. The van der Waals surface area contributed by atoms with E-state index in [0.29, 0.717) is 17.1 Å². The van der Waals surface area contributed by atoms with Gasteiger partial charge in [-0.25, -0.2) is 4.79 Å². The van der Waals surface area contributed by atoms with Crippen molar-refractivity contribution in [1.82, 2.24) is 10.2 Å². The second-order valence-electron chi connectivity index (χ2n) is 2.75. The minimum atomic E-state index is -0.926. The molecule has 0 aliphatic carbocycles. The Balaban J connectivity index is 2.79. The number of ether oxygens (including phenoxy) is 1. The fraction of sp³-hybridized carbons (Fsp3) is 0.375. The lowest BCUT2D eigenvalue weighted by molar-refractivity contribution is -0.150. The van der Waals surface area contributed by atoms with Gasteiger partial charge in [0.1, 0.15) is 0 Å². The molecule has 6 heteroatoms. The molecule has 0 fully saturated rings. The number of nitrogens with zero attached hydrogens (tertiary/aromatic N) is 1. The minimum absolute atomic E-state index is 0.514. The molecule has 1 amide bonds. The van der Waals surface area contributed by atoms with Crippen molar-refractivity contribution in [3.63, 3.8) is 0 Å². The van der Waals surface area contributed by atoms with E-state index in [4.69, 9.17) is 0 Å². The van der Waals surface area contributed by atoms with E-state index in [0.717, 1.165) is 7.11 Å². The summed E-state index contributed by atoms with van der Waals surface area (Å²) < 4.78 is 4.26. The topological polar surface area (TPSA) is 84.1 Å².